The third-order valence-corrected chi connectivity index (χ3v) is 3.08. The first-order chi connectivity index (χ1) is 8.40. The molecule has 0 spiro atoms. The minimum absolute atomic E-state index is 0. The van der Waals surface area contributed by atoms with E-state index in [1.807, 2.05) is 41.1 Å². The van der Waals surface area contributed by atoms with Crippen LogP contribution in [0.15, 0.2) is 54.7 Å². The van der Waals surface area contributed by atoms with Gasteiger partial charge in [0.2, 0.25) is 5.52 Å². The molecule has 3 rings (SSSR count). The van der Waals surface area contributed by atoms with Crippen LogP contribution in [-0.2, 0) is 6.54 Å². The van der Waals surface area contributed by atoms with Gasteiger partial charge in [-0.3, -0.25) is 0 Å². The van der Waals surface area contributed by atoms with Crippen LogP contribution in [-0.4, -0.2) is 6.67 Å². The molecule has 3 aromatic rings. The Bertz CT molecular complexity index is 681. The lowest BCUT2D eigenvalue weighted by atomic mass is 10.1. The summed E-state index contributed by atoms with van der Waals surface area (Å²) in [5.74, 6) is 0. The van der Waals surface area contributed by atoms with E-state index < -0.39 is 0 Å². The molecule has 0 aliphatic carbocycles. The highest BCUT2D eigenvalue weighted by molar-refractivity contribution is 6.03. The van der Waals surface area contributed by atoms with Crippen molar-refractivity contribution in [3.63, 3.8) is 0 Å². The van der Waals surface area contributed by atoms with Crippen LogP contribution in [0.25, 0.3) is 21.7 Å². The SMILES string of the molecule is FCC[n+]1cc2ccccc2c2ccccc21.[Br-]. The molecule has 0 aliphatic rings. The second-order valence-corrected chi connectivity index (χ2v) is 4.12. The summed E-state index contributed by atoms with van der Waals surface area (Å²) >= 11 is 0. The highest BCUT2D eigenvalue weighted by atomic mass is 79.9. The lowest BCUT2D eigenvalue weighted by Crippen LogP contribution is -3.00. The Hall–Kier alpha value is -1.48. The van der Waals surface area contributed by atoms with E-state index in [2.05, 4.69) is 18.2 Å². The van der Waals surface area contributed by atoms with Crippen LogP contribution in [0, 0.1) is 0 Å². The van der Waals surface area contributed by atoms with Gasteiger partial charge >= 0.3 is 0 Å². The maximum absolute atomic E-state index is 12.6. The van der Waals surface area contributed by atoms with E-state index in [0.717, 1.165) is 10.9 Å². The minimum atomic E-state index is -0.340. The van der Waals surface area contributed by atoms with E-state index in [1.54, 1.807) is 0 Å². The van der Waals surface area contributed by atoms with Crippen molar-refractivity contribution in [2.24, 2.45) is 0 Å². The van der Waals surface area contributed by atoms with E-state index >= 15 is 0 Å². The van der Waals surface area contributed by atoms with Gasteiger partial charge in [-0.1, -0.05) is 30.3 Å². The molecule has 0 unspecified atom stereocenters. The Morgan fingerprint density at radius 3 is 2.33 bits per heavy atom. The number of para-hydroxylation sites is 1. The van der Waals surface area contributed by atoms with Gasteiger partial charge in [0.15, 0.2) is 12.7 Å². The molecule has 3 heteroatoms. The van der Waals surface area contributed by atoms with Crippen molar-refractivity contribution in [3.8, 4) is 0 Å². The summed E-state index contributed by atoms with van der Waals surface area (Å²) in [5, 5.41) is 3.55. The molecular formula is C15H13BrFN. The van der Waals surface area contributed by atoms with Gasteiger partial charge in [0, 0.05) is 16.8 Å². The van der Waals surface area contributed by atoms with Crippen LogP contribution >= 0.6 is 0 Å². The third kappa shape index (κ3) is 2.10. The summed E-state index contributed by atoms with van der Waals surface area (Å²) in [6, 6.07) is 16.4. The van der Waals surface area contributed by atoms with Gasteiger partial charge in [-0.2, -0.15) is 4.57 Å². The topological polar surface area (TPSA) is 3.88 Å². The number of aryl methyl sites for hydroxylation is 1. The van der Waals surface area contributed by atoms with Crippen LogP contribution in [0.2, 0.25) is 0 Å². The summed E-state index contributed by atoms with van der Waals surface area (Å²) in [4.78, 5) is 0. The van der Waals surface area contributed by atoms with Crippen LogP contribution in [0.5, 0.6) is 0 Å². The van der Waals surface area contributed by atoms with E-state index in [1.165, 1.54) is 10.8 Å². The average Bonchev–Trinajstić information content (AvgIpc) is 2.39. The van der Waals surface area contributed by atoms with Gasteiger partial charge in [0.05, 0.1) is 5.39 Å². The molecule has 0 atom stereocenters. The number of pyridine rings is 1. The number of hydrogen-bond acceptors (Lipinski definition) is 0. The van der Waals surface area contributed by atoms with E-state index in [0.29, 0.717) is 6.54 Å². The first-order valence-electron chi connectivity index (χ1n) is 5.76. The van der Waals surface area contributed by atoms with Crippen molar-refractivity contribution in [3.05, 3.63) is 54.7 Å². The first-order valence-corrected chi connectivity index (χ1v) is 5.76. The Morgan fingerprint density at radius 2 is 1.56 bits per heavy atom. The fourth-order valence-corrected chi connectivity index (χ4v) is 2.32. The van der Waals surface area contributed by atoms with Crippen molar-refractivity contribution >= 4 is 21.7 Å². The standard InChI is InChI=1S/C15H13FN.BrH/c16-9-10-17-11-12-5-1-2-6-13(12)14-7-3-4-8-15(14)17;/h1-8,11H,9-10H2;1H/q+1;/p-1. The van der Waals surface area contributed by atoms with Crippen molar-refractivity contribution in [1.82, 2.24) is 0 Å². The summed E-state index contributed by atoms with van der Waals surface area (Å²) < 4.78 is 14.6. The summed E-state index contributed by atoms with van der Waals surface area (Å²) in [6.07, 6.45) is 2.03. The predicted molar refractivity (Wildman–Crippen MR) is 67.6 cm³/mol. The molecular weight excluding hydrogens is 293 g/mol. The Morgan fingerprint density at radius 1 is 0.889 bits per heavy atom. The lowest BCUT2D eigenvalue weighted by molar-refractivity contribution is -0.670. The van der Waals surface area contributed by atoms with Gasteiger partial charge in [-0.25, -0.2) is 4.39 Å². The number of benzene rings is 2. The number of halogens is 2. The number of rotatable bonds is 2. The normalized spacial score (nSPS) is 10.5. The molecule has 1 heterocycles. The fourth-order valence-electron chi connectivity index (χ4n) is 2.32. The smallest absolute Gasteiger partial charge is 0.213 e. The maximum atomic E-state index is 12.6. The number of alkyl halides is 1. The molecule has 0 bridgehead atoms. The zero-order chi connectivity index (χ0) is 11.7. The average molecular weight is 306 g/mol. The van der Waals surface area contributed by atoms with Gasteiger partial charge in [-0.15, -0.1) is 0 Å². The third-order valence-electron chi connectivity index (χ3n) is 3.08. The number of fused-ring (bicyclic) bond motifs is 3. The Labute approximate surface area is 116 Å². The lowest BCUT2D eigenvalue weighted by Gasteiger charge is -2.03. The number of nitrogens with zero attached hydrogens (tertiary/aromatic N) is 1. The van der Waals surface area contributed by atoms with Crippen LogP contribution in [0.3, 0.4) is 0 Å². The molecule has 0 aliphatic heterocycles. The molecule has 0 saturated carbocycles. The molecule has 0 saturated heterocycles. The molecule has 18 heavy (non-hydrogen) atoms. The Balaban J connectivity index is 0.00000120. The van der Waals surface area contributed by atoms with Crippen LogP contribution < -0.4 is 21.5 Å². The highest BCUT2D eigenvalue weighted by Gasteiger charge is 2.11. The second kappa shape index (κ2) is 5.44. The first kappa shape index (κ1) is 13.0. The quantitative estimate of drug-likeness (QED) is 0.472. The summed E-state index contributed by atoms with van der Waals surface area (Å²) in [6.45, 7) is 0.0678. The van der Waals surface area contributed by atoms with Gasteiger partial charge < -0.3 is 17.0 Å². The number of hydrogen-bond donors (Lipinski definition) is 0. The molecule has 1 aromatic heterocycles. The molecule has 1 nitrogen and oxygen atoms in total. The molecule has 0 amide bonds. The molecule has 92 valence electrons. The summed E-state index contributed by atoms with van der Waals surface area (Å²) in [5.41, 5.74) is 1.09. The molecule has 0 N–H and O–H groups in total. The van der Waals surface area contributed by atoms with Gasteiger partial charge in [0.1, 0.15) is 6.67 Å². The van der Waals surface area contributed by atoms with Crippen molar-refractivity contribution < 1.29 is 25.9 Å². The minimum Gasteiger partial charge on any atom is -1.00 e. The van der Waals surface area contributed by atoms with Gasteiger partial charge in [-0.05, 0) is 12.1 Å². The highest BCUT2D eigenvalue weighted by Crippen LogP contribution is 2.21. The molecule has 2 aromatic carbocycles. The van der Waals surface area contributed by atoms with Crippen LogP contribution in [0.4, 0.5) is 4.39 Å². The van der Waals surface area contributed by atoms with E-state index in [9.17, 15) is 4.39 Å². The summed E-state index contributed by atoms with van der Waals surface area (Å²) in [7, 11) is 0. The maximum Gasteiger partial charge on any atom is 0.213 e. The largest absolute Gasteiger partial charge is 1.00 e. The monoisotopic (exact) mass is 305 g/mol. The van der Waals surface area contributed by atoms with Crippen molar-refractivity contribution in [1.29, 1.82) is 0 Å². The zero-order valence-corrected chi connectivity index (χ0v) is 11.4. The second-order valence-electron chi connectivity index (χ2n) is 4.12. The van der Waals surface area contributed by atoms with Crippen molar-refractivity contribution in [2.75, 3.05) is 6.67 Å². The molecule has 0 radical (unpaired) electrons. The molecule has 0 fully saturated rings. The van der Waals surface area contributed by atoms with E-state index in [4.69, 9.17) is 0 Å². The van der Waals surface area contributed by atoms with Crippen molar-refractivity contribution in [2.45, 2.75) is 6.54 Å². The predicted octanol–water partition coefficient (Wildman–Crippen LogP) is 0.254. The van der Waals surface area contributed by atoms with Gasteiger partial charge in [0.25, 0.3) is 0 Å². The number of aromatic nitrogens is 1. The van der Waals surface area contributed by atoms with Crippen LogP contribution in [0.1, 0.15) is 0 Å². The Kier molecular flexibility index (Phi) is 3.92. The fraction of sp³-hybridized carbons (Fsp3) is 0.133. The zero-order valence-electron chi connectivity index (χ0n) is 9.81. The van der Waals surface area contributed by atoms with E-state index in [-0.39, 0.29) is 23.7 Å².